The van der Waals surface area contributed by atoms with Gasteiger partial charge in [0.1, 0.15) is 6.33 Å². The fourth-order valence-electron chi connectivity index (χ4n) is 3.49. The van der Waals surface area contributed by atoms with Gasteiger partial charge in [0.2, 0.25) is 5.91 Å². The Morgan fingerprint density at radius 1 is 1.20 bits per heavy atom. The van der Waals surface area contributed by atoms with Crippen molar-refractivity contribution < 1.29 is 9.53 Å². The maximum Gasteiger partial charge on any atom is 0.236 e. The molecule has 2 aliphatic heterocycles. The second-order valence-corrected chi connectivity index (χ2v) is 6.39. The molecule has 4 heterocycles. The van der Waals surface area contributed by atoms with Crippen LogP contribution in [0.5, 0.6) is 0 Å². The van der Waals surface area contributed by atoms with Crippen LogP contribution >= 0.6 is 0 Å². The van der Waals surface area contributed by atoms with Crippen LogP contribution in [-0.4, -0.2) is 74.6 Å². The van der Waals surface area contributed by atoms with Crippen LogP contribution in [-0.2, 0) is 9.53 Å². The Morgan fingerprint density at radius 2 is 2.08 bits per heavy atom. The smallest absolute Gasteiger partial charge is 0.236 e. The first-order valence-electron chi connectivity index (χ1n) is 8.71. The Balaban J connectivity index is 1.48. The highest BCUT2D eigenvalue weighted by molar-refractivity contribution is 5.78. The number of nitrogens with zero attached hydrogens (tertiary/aromatic N) is 6. The van der Waals surface area contributed by atoms with Crippen LogP contribution < -0.4 is 0 Å². The van der Waals surface area contributed by atoms with Gasteiger partial charge in [0.25, 0.3) is 0 Å². The van der Waals surface area contributed by atoms with E-state index in [0.717, 1.165) is 30.9 Å². The predicted molar refractivity (Wildman–Crippen MR) is 90.1 cm³/mol. The van der Waals surface area contributed by atoms with Gasteiger partial charge in [-0.15, -0.1) is 0 Å². The second kappa shape index (κ2) is 7.28. The molecule has 0 unspecified atom stereocenters. The molecule has 2 fully saturated rings. The van der Waals surface area contributed by atoms with Crippen molar-refractivity contribution in [2.45, 2.75) is 18.9 Å². The molecule has 8 heteroatoms. The summed E-state index contributed by atoms with van der Waals surface area (Å²) in [6.45, 7) is 3.99. The molecule has 2 aliphatic rings. The van der Waals surface area contributed by atoms with Crippen LogP contribution in [0.25, 0.3) is 5.82 Å². The molecular formula is C17H22N6O2. The van der Waals surface area contributed by atoms with Gasteiger partial charge in [-0.05, 0) is 19.4 Å². The molecule has 8 nitrogen and oxygen atoms in total. The minimum atomic E-state index is 0.140. The van der Waals surface area contributed by atoms with Crippen molar-refractivity contribution >= 4 is 5.91 Å². The SMILES string of the molecule is O=C(CN1CCC[C@H]1c1cncc(-n2ccnc2)n1)N1CCOCC1. The average molecular weight is 342 g/mol. The Morgan fingerprint density at radius 3 is 2.88 bits per heavy atom. The quantitative estimate of drug-likeness (QED) is 0.812. The lowest BCUT2D eigenvalue weighted by molar-refractivity contribution is -0.136. The fourth-order valence-corrected chi connectivity index (χ4v) is 3.49. The zero-order chi connectivity index (χ0) is 17.1. The van der Waals surface area contributed by atoms with E-state index < -0.39 is 0 Å². The third-order valence-corrected chi connectivity index (χ3v) is 4.82. The van der Waals surface area contributed by atoms with E-state index in [1.807, 2.05) is 21.9 Å². The number of ether oxygens (including phenoxy) is 1. The highest BCUT2D eigenvalue weighted by atomic mass is 16.5. The molecule has 0 aromatic carbocycles. The van der Waals surface area contributed by atoms with Crippen molar-refractivity contribution in [1.29, 1.82) is 0 Å². The second-order valence-electron chi connectivity index (χ2n) is 6.39. The number of carbonyl (C=O) groups excluding carboxylic acids is 1. The predicted octanol–water partition coefficient (Wildman–Crippen LogP) is 0.658. The topological polar surface area (TPSA) is 76.4 Å². The molecule has 0 spiro atoms. The summed E-state index contributed by atoms with van der Waals surface area (Å²) in [5.41, 5.74) is 0.915. The lowest BCUT2D eigenvalue weighted by Gasteiger charge is -2.30. The largest absolute Gasteiger partial charge is 0.378 e. The summed E-state index contributed by atoms with van der Waals surface area (Å²) in [4.78, 5) is 29.8. The maximum absolute atomic E-state index is 12.6. The van der Waals surface area contributed by atoms with Gasteiger partial charge >= 0.3 is 0 Å². The Kier molecular flexibility index (Phi) is 4.71. The van der Waals surface area contributed by atoms with E-state index in [1.54, 1.807) is 18.7 Å². The van der Waals surface area contributed by atoms with Crippen molar-refractivity contribution in [3.63, 3.8) is 0 Å². The standard InChI is InChI=1S/C17H22N6O2/c24-17(21-6-8-25-9-7-21)12-22-4-1-2-15(22)14-10-19-11-16(20-14)23-5-3-18-13-23/h3,5,10-11,13,15H,1-2,4,6-9,12H2/t15-/m0/s1. The molecule has 4 rings (SSSR count). The maximum atomic E-state index is 12.6. The van der Waals surface area contributed by atoms with E-state index >= 15 is 0 Å². The van der Waals surface area contributed by atoms with Crippen molar-refractivity contribution in [2.75, 3.05) is 39.4 Å². The van der Waals surface area contributed by atoms with Crippen molar-refractivity contribution in [1.82, 2.24) is 29.3 Å². The van der Waals surface area contributed by atoms with Gasteiger partial charge in [-0.3, -0.25) is 19.2 Å². The van der Waals surface area contributed by atoms with Crippen LogP contribution in [0, 0.1) is 0 Å². The number of rotatable bonds is 4. The summed E-state index contributed by atoms with van der Waals surface area (Å²) in [7, 11) is 0. The number of amides is 1. The lowest BCUT2D eigenvalue weighted by Crippen LogP contribution is -2.45. The monoisotopic (exact) mass is 342 g/mol. The zero-order valence-electron chi connectivity index (χ0n) is 14.1. The number of morpholine rings is 1. The van der Waals surface area contributed by atoms with Crippen molar-refractivity contribution in [2.24, 2.45) is 0 Å². The highest BCUT2D eigenvalue weighted by Gasteiger charge is 2.30. The van der Waals surface area contributed by atoms with Crippen molar-refractivity contribution in [3.05, 3.63) is 36.8 Å². The van der Waals surface area contributed by atoms with Gasteiger partial charge in [0.15, 0.2) is 5.82 Å². The van der Waals surface area contributed by atoms with Gasteiger partial charge in [-0.2, -0.15) is 0 Å². The van der Waals surface area contributed by atoms with Crippen LogP contribution in [0.4, 0.5) is 0 Å². The molecule has 2 aromatic rings. The Bertz CT molecular complexity index is 714. The normalized spacial score (nSPS) is 21.6. The van der Waals surface area contributed by atoms with E-state index in [4.69, 9.17) is 9.72 Å². The molecule has 0 saturated carbocycles. The van der Waals surface area contributed by atoms with E-state index in [0.29, 0.717) is 32.8 Å². The molecule has 25 heavy (non-hydrogen) atoms. The van der Waals surface area contributed by atoms with Gasteiger partial charge in [-0.25, -0.2) is 9.97 Å². The first-order chi connectivity index (χ1) is 12.3. The highest BCUT2D eigenvalue weighted by Crippen LogP contribution is 2.30. The molecule has 0 N–H and O–H groups in total. The van der Waals surface area contributed by atoms with Crippen LogP contribution in [0.2, 0.25) is 0 Å². The summed E-state index contributed by atoms with van der Waals surface area (Å²) in [5, 5.41) is 0. The molecule has 1 amide bonds. The van der Waals surface area contributed by atoms with Crippen LogP contribution in [0.3, 0.4) is 0 Å². The number of carbonyl (C=O) groups is 1. The van der Waals surface area contributed by atoms with Crippen LogP contribution in [0.1, 0.15) is 24.6 Å². The first-order valence-corrected chi connectivity index (χ1v) is 8.71. The van der Waals surface area contributed by atoms with E-state index in [-0.39, 0.29) is 11.9 Å². The summed E-state index contributed by atoms with van der Waals surface area (Å²) < 4.78 is 7.17. The van der Waals surface area contributed by atoms with Gasteiger partial charge < -0.3 is 9.64 Å². The van der Waals surface area contributed by atoms with Gasteiger partial charge in [-0.1, -0.05) is 0 Å². The number of hydrogen-bond donors (Lipinski definition) is 0. The molecular weight excluding hydrogens is 320 g/mol. The molecule has 0 radical (unpaired) electrons. The fraction of sp³-hybridized carbons (Fsp3) is 0.529. The molecule has 1 atom stereocenters. The number of imidazole rings is 1. The third-order valence-electron chi connectivity index (χ3n) is 4.82. The minimum Gasteiger partial charge on any atom is -0.378 e. The molecule has 2 saturated heterocycles. The molecule has 2 aromatic heterocycles. The lowest BCUT2D eigenvalue weighted by atomic mass is 10.1. The summed E-state index contributed by atoms with van der Waals surface area (Å²) in [5.74, 6) is 0.926. The van der Waals surface area contributed by atoms with Crippen molar-refractivity contribution in [3.8, 4) is 5.82 Å². The minimum absolute atomic E-state index is 0.140. The number of likely N-dealkylation sites (tertiary alicyclic amines) is 1. The van der Waals surface area contributed by atoms with Crippen LogP contribution in [0.15, 0.2) is 31.1 Å². The van der Waals surface area contributed by atoms with E-state index in [9.17, 15) is 4.79 Å². The number of aromatic nitrogens is 4. The molecule has 0 bridgehead atoms. The first kappa shape index (κ1) is 16.2. The van der Waals surface area contributed by atoms with Gasteiger partial charge in [0.05, 0.1) is 43.9 Å². The Labute approximate surface area is 146 Å². The van der Waals surface area contributed by atoms with E-state index in [1.165, 1.54) is 0 Å². The number of hydrogen-bond acceptors (Lipinski definition) is 6. The van der Waals surface area contributed by atoms with E-state index in [2.05, 4.69) is 14.9 Å². The third kappa shape index (κ3) is 3.54. The average Bonchev–Trinajstić information content (AvgIpc) is 3.35. The summed E-state index contributed by atoms with van der Waals surface area (Å²) in [6, 6.07) is 0.140. The summed E-state index contributed by atoms with van der Waals surface area (Å²) in [6.07, 6.45) is 10.9. The molecule has 0 aliphatic carbocycles. The van der Waals surface area contributed by atoms with Gasteiger partial charge in [0, 0.05) is 25.5 Å². The Hall–Kier alpha value is -2.32. The zero-order valence-corrected chi connectivity index (χ0v) is 14.1. The molecule has 132 valence electrons. The summed E-state index contributed by atoms with van der Waals surface area (Å²) >= 11 is 0.